The third kappa shape index (κ3) is 6.37. The number of hydrogen-bond donors (Lipinski definition) is 1. The number of amides is 1. The lowest BCUT2D eigenvalue weighted by atomic mass is 9.98. The lowest BCUT2D eigenvalue weighted by molar-refractivity contribution is -0.123. The van der Waals surface area contributed by atoms with Crippen LogP contribution in [-0.2, 0) is 24.5 Å². The summed E-state index contributed by atoms with van der Waals surface area (Å²) in [6.07, 6.45) is 3.59. The molecule has 2 aromatic heterocycles. The van der Waals surface area contributed by atoms with Gasteiger partial charge < -0.3 is 10.1 Å². The summed E-state index contributed by atoms with van der Waals surface area (Å²) in [6.45, 7) is 11.4. The highest BCUT2D eigenvalue weighted by Gasteiger charge is 2.27. The van der Waals surface area contributed by atoms with Crippen LogP contribution >= 0.6 is 0 Å². The SMILES string of the molecule is CC(C)NC(=O)CN1CCn2nc(-c3ccncc3)c(-c3ccc(OCc4ccc(C(C)C)cc4)cc3)c2C1. The minimum atomic E-state index is 0.0502. The van der Waals surface area contributed by atoms with E-state index in [-0.39, 0.29) is 11.9 Å². The molecule has 202 valence electrons. The second kappa shape index (κ2) is 11.8. The van der Waals surface area contributed by atoms with Crippen molar-refractivity contribution < 1.29 is 9.53 Å². The van der Waals surface area contributed by atoms with Crippen LogP contribution < -0.4 is 10.1 Å². The number of ether oxygens (including phenoxy) is 1. The van der Waals surface area contributed by atoms with E-state index in [4.69, 9.17) is 9.84 Å². The third-order valence-corrected chi connectivity index (χ3v) is 7.02. The molecule has 0 atom stereocenters. The summed E-state index contributed by atoms with van der Waals surface area (Å²) in [5.41, 5.74) is 7.71. The number of nitrogens with zero attached hydrogens (tertiary/aromatic N) is 4. The van der Waals surface area contributed by atoms with Gasteiger partial charge in [-0.1, -0.05) is 50.2 Å². The molecule has 1 N–H and O–H groups in total. The van der Waals surface area contributed by atoms with Crippen molar-refractivity contribution in [2.45, 2.75) is 59.4 Å². The zero-order valence-corrected chi connectivity index (χ0v) is 23.2. The lowest BCUT2D eigenvalue weighted by Crippen LogP contribution is -2.43. The number of aromatic nitrogens is 3. The number of carbonyl (C=O) groups excluding carboxylic acids is 1. The van der Waals surface area contributed by atoms with Crippen molar-refractivity contribution in [3.63, 3.8) is 0 Å². The highest BCUT2D eigenvalue weighted by atomic mass is 16.5. The Balaban J connectivity index is 1.38. The maximum Gasteiger partial charge on any atom is 0.234 e. The molecule has 39 heavy (non-hydrogen) atoms. The number of fused-ring (bicyclic) bond motifs is 1. The van der Waals surface area contributed by atoms with Crippen LogP contribution in [0.2, 0.25) is 0 Å². The van der Waals surface area contributed by atoms with E-state index in [0.29, 0.717) is 25.6 Å². The largest absolute Gasteiger partial charge is 0.489 e. The summed E-state index contributed by atoms with van der Waals surface area (Å²) in [5, 5.41) is 8.01. The molecular weight excluding hydrogens is 486 g/mol. The average molecular weight is 524 g/mol. The molecule has 3 heterocycles. The number of carbonyl (C=O) groups is 1. The van der Waals surface area contributed by atoms with Crippen molar-refractivity contribution in [2.24, 2.45) is 0 Å². The maximum atomic E-state index is 12.5. The van der Waals surface area contributed by atoms with E-state index in [0.717, 1.165) is 52.5 Å². The summed E-state index contributed by atoms with van der Waals surface area (Å²) < 4.78 is 8.19. The van der Waals surface area contributed by atoms with Crippen LogP contribution in [0, 0.1) is 0 Å². The highest BCUT2D eigenvalue weighted by Crippen LogP contribution is 2.37. The fourth-order valence-corrected chi connectivity index (χ4v) is 4.97. The molecule has 1 amide bonds. The first-order valence-corrected chi connectivity index (χ1v) is 13.7. The van der Waals surface area contributed by atoms with E-state index in [9.17, 15) is 4.79 Å². The summed E-state index contributed by atoms with van der Waals surface area (Å²) >= 11 is 0. The summed E-state index contributed by atoms with van der Waals surface area (Å²) in [6, 6.07) is 21.0. The fraction of sp³-hybridized carbons (Fsp3) is 0.344. The number of benzene rings is 2. The molecule has 0 fully saturated rings. The molecule has 5 rings (SSSR count). The quantitative estimate of drug-likeness (QED) is 0.307. The van der Waals surface area contributed by atoms with Gasteiger partial charge in [-0.3, -0.25) is 19.4 Å². The van der Waals surface area contributed by atoms with E-state index in [1.165, 1.54) is 5.56 Å². The van der Waals surface area contributed by atoms with Gasteiger partial charge >= 0.3 is 0 Å². The Morgan fingerprint density at radius 3 is 2.31 bits per heavy atom. The Bertz CT molecular complexity index is 1390. The van der Waals surface area contributed by atoms with Gasteiger partial charge in [0.25, 0.3) is 0 Å². The van der Waals surface area contributed by atoms with Crippen molar-refractivity contribution in [1.82, 2.24) is 25.0 Å². The zero-order chi connectivity index (χ0) is 27.4. The Labute approximate surface area is 230 Å². The van der Waals surface area contributed by atoms with Gasteiger partial charge in [-0.05, 0) is 60.7 Å². The van der Waals surface area contributed by atoms with E-state index < -0.39 is 0 Å². The number of rotatable bonds is 9. The van der Waals surface area contributed by atoms with Gasteiger partial charge in [0.1, 0.15) is 18.1 Å². The smallest absolute Gasteiger partial charge is 0.234 e. The molecule has 0 spiro atoms. The predicted molar refractivity (Wildman–Crippen MR) is 154 cm³/mol. The van der Waals surface area contributed by atoms with Crippen molar-refractivity contribution in [2.75, 3.05) is 13.1 Å². The van der Waals surface area contributed by atoms with Crippen molar-refractivity contribution >= 4 is 5.91 Å². The number of nitrogens with one attached hydrogen (secondary N) is 1. The Morgan fingerprint density at radius 1 is 0.923 bits per heavy atom. The fourth-order valence-electron chi connectivity index (χ4n) is 4.97. The third-order valence-electron chi connectivity index (χ3n) is 7.02. The summed E-state index contributed by atoms with van der Waals surface area (Å²) in [7, 11) is 0. The highest BCUT2D eigenvalue weighted by molar-refractivity contribution is 5.83. The molecule has 0 unspecified atom stereocenters. The second-order valence-electron chi connectivity index (χ2n) is 10.8. The van der Waals surface area contributed by atoms with Gasteiger partial charge in [0.2, 0.25) is 5.91 Å². The summed E-state index contributed by atoms with van der Waals surface area (Å²) in [5.74, 6) is 1.39. The van der Waals surface area contributed by atoms with Gasteiger partial charge in [-0.15, -0.1) is 0 Å². The van der Waals surface area contributed by atoms with Gasteiger partial charge in [-0.2, -0.15) is 5.10 Å². The van der Waals surface area contributed by atoms with Gasteiger partial charge in [-0.25, -0.2) is 0 Å². The van der Waals surface area contributed by atoms with E-state index >= 15 is 0 Å². The molecule has 4 aromatic rings. The Kier molecular flexibility index (Phi) is 8.07. The second-order valence-corrected chi connectivity index (χ2v) is 10.8. The molecule has 0 bridgehead atoms. The van der Waals surface area contributed by atoms with Gasteiger partial charge in [0, 0.05) is 42.7 Å². The standard InChI is InChI=1S/C32H37N5O2/c1-22(2)25-7-5-24(6-8-25)21-39-28-11-9-26(10-12-28)31-29-19-36(20-30(38)34-23(3)4)17-18-37(29)35-32(31)27-13-15-33-16-14-27/h5-16,22-23H,17-21H2,1-4H3,(H,34,38). The molecule has 1 aliphatic heterocycles. The number of pyridine rings is 1. The van der Waals surface area contributed by atoms with E-state index in [1.54, 1.807) is 12.4 Å². The topological polar surface area (TPSA) is 72.3 Å². The van der Waals surface area contributed by atoms with Crippen LogP contribution in [0.5, 0.6) is 5.75 Å². The van der Waals surface area contributed by atoms with Crippen molar-refractivity contribution in [3.8, 4) is 28.1 Å². The molecule has 0 radical (unpaired) electrons. The van der Waals surface area contributed by atoms with Crippen LogP contribution in [0.4, 0.5) is 0 Å². The van der Waals surface area contributed by atoms with Crippen molar-refractivity contribution in [3.05, 3.63) is 89.9 Å². The molecular formula is C32H37N5O2. The molecule has 7 heteroatoms. The molecule has 0 saturated heterocycles. The predicted octanol–water partition coefficient (Wildman–Crippen LogP) is 5.65. The summed E-state index contributed by atoms with van der Waals surface area (Å²) in [4.78, 5) is 18.8. The number of hydrogen-bond acceptors (Lipinski definition) is 5. The van der Waals surface area contributed by atoms with Crippen LogP contribution in [0.15, 0.2) is 73.1 Å². The first-order chi connectivity index (χ1) is 18.9. The molecule has 7 nitrogen and oxygen atoms in total. The zero-order valence-electron chi connectivity index (χ0n) is 23.2. The first-order valence-electron chi connectivity index (χ1n) is 13.7. The van der Waals surface area contributed by atoms with Gasteiger partial charge in [0.15, 0.2) is 0 Å². The normalized spacial score (nSPS) is 13.5. The van der Waals surface area contributed by atoms with Crippen LogP contribution in [0.1, 0.15) is 50.4 Å². The van der Waals surface area contributed by atoms with E-state index in [2.05, 4.69) is 70.1 Å². The van der Waals surface area contributed by atoms with Crippen LogP contribution in [0.3, 0.4) is 0 Å². The molecule has 2 aromatic carbocycles. The minimum Gasteiger partial charge on any atom is -0.489 e. The lowest BCUT2D eigenvalue weighted by Gasteiger charge is -2.28. The Hall–Kier alpha value is -3.97. The minimum absolute atomic E-state index is 0.0502. The molecule has 0 saturated carbocycles. The van der Waals surface area contributed by atoms with Crippen LogP contribution in [-0.4, -0.2) is 44.7 Å². The molecule has 1 aliphatic rings. The first kappa shape index (κ1) is 26.6. The maximum absolute atomic E-state index is 12.5. The Morgan fingerprint density at radius 2 is 1.64 bits per heavy atom. The van der Waals surface area contributed by atoms with Crippen LogP contribution in [0.25, 0.3) is 22.4 Å². The average Bonchev–Trinajstić information content (AvgIpc) is 3.31. The monoisotopic (exact) mass is 523 g/mol. The van der Waals surface area contributed by atoms with E-state index in [1.807, 2.05) is 38.1 Å². The van der Waals surface area contributed by atoms with Gasteiger partial charge in [0.05, 0.1) is 18.8 Å². The van der Waals surface area contributed by atoms with Crippen molar-refractivity contribution in [1.29, 1.82) is 0 Å². The molecule has 0 aliphatic carbocycles.